The summed E-state index contributed by atoms with van der Waals surface area (Å²) in [5.41, 5.74) is 1.50. The van der Waals surface area contributed by atoms with Crippen LogP contribution in [0.2, 0.25) is 0 Å². The van der Waals surface area contributed by atoms with Crippen LogP contribution in [0.1, 0.15) is 11.3 Å². The summed E-state index contributed by atoms with van der Waals surface area (Å²) in [6.07, 6.45) is 0. The van der Waals surface area contributed by atoms with Gasteiger partial charge in [-0.25, -0.2) is 4.39 Å². The molecule has 0 saturated carbocycles. The molecule has 3 nitrogen and oxygen atoms in total. The molecular formula is C20H16FN2OPS. The number of hydrogen-bond acceptors (Lipinski definition) is 2. The molecule has 1 saturated heterocycles. The average Bonchev–Trinajstić information content (AvgIpc) is 2.95. The van der Waals surface area contributed by atoms with Gasteiger partial charge in [0.15, 0.2) is 5.11 Å². The van der Waals surface area contributed by atoms with Crippen LogP contribution >= 0.6 is 19.5 Å². The zero-order valence-electron chi connectivity index (χ0n) is 13.7. The second kappa shape index (κ2) is 6.67. The molecule has 0 unspecified atom stereocenters. The van der Waals surface area contributed by atoms with Crippen molar-refractivity contribution in [3.8, 4) is 0 Å². The zero-order valence-corrected chi connectivity index (χ0v) is 15.5. The summed E-state index contributed by atoms with van der Waals surface area (Å²) in [4.78, 5) is 0. The van der Waals surface area contributed by atoms with Crippen LogP contribution < -0.4 is 15.3 Å². The summed E-state index contributed by atoms with van der Waals surface area (Å²) >= 11 is 5.54. The molecule has 3 aromatic carbocycles. The molecule has 1 fully saturated rings. The first kappa shape index (κ1) is 17.0. The van der Waals surface area contributed by atoms with Crippen molar-refractivity contribution in [3.05, 3.63) is 96.3 Å². The maximum Gasteiger partial charge on any atom is 0.232 e. The van der Waals surface area contributed by atoms with Crippen molar-refractivity contribution in [3.63, 3.8) is 0 Å². The van der Waals surface area contributed by atoms with Crippen molar-refractivity contribution >= 4 is 35.6 Å². The molecular weight excluding hydrogens is 366 g/mol. The van der Waals surface area contributed by atoms with E-state index in [1.165, 1.54) is 12.1 Å². The molecule has 6 heteroatoms. The Bertz CT molecular complexity index is 980. The molecule has 4 rings (SSSR count). The lowest BCUT2D eigenvalue weighted by molar-refractivity contribution is 0.574. The molecule has 0 spiro atoms. The summed E-state index contributed by atoms with van der Waals surface area (Å²) in [5.74, 6) is -0.873. The van der Waals surface area contributed by atoms with Crippen LogP contribution in [0.3, 0.4) is 0 Å². The maximum absolute atomic E-state index is 14.5. The zero-order chi connectivity index (χ0) is 18.1. The van der Waals surface area contributed by atoms with Crippen molar-refractivity contribution in [2.24, 2.45) is 0 Å². The summed E-state index contributed by atoms with van der Waals surface area (Å²) in [6, 6.07) is 24.8. The van der Waals surface area contributed by atoms with Crippen molar-refractivity contribution < 1.29 is 8.96 Å². The van der Waals surface area contributed by atoms with E-state index in [-0.39, 0.29) is 5.82 Å². The predicted octanol–water partition coefficient (Wildman–Crippen LogP) is 4.82. The standard InChI is InChI=1S/C20H16FN2OPS/c21-16-13-11-15(12-14-16)19-22-20(26)23(17-7-3-1-4-8-17)25(19,24)18-9-5-2-6-10-18/h1-14,19H,(H,22,26)/t19-,25-/m0/s1. The summed E-state index contributed by atoms with van der Waals surface area (Å²) in [5, 5.41) is 4.30. The Balaban J connectivity index is 1.91. The number of thiocarbonyl (C=S) groups is 1. The van der Waals surface area contributed by atoms with Gasteiger partial charge < -0.3 is 5.32 Å². The number of anilines is 1. The summed E-state index contributed by atoms with van der Waals surface area (Å²) in [7, 11) is -3.20. The van der Waals surface area contributed by atoms with Gasteiger partial charge in [0.05, 0.1) is 5.69 Å². The molecule has 1 aliphatic rings. The van der Waals surface area contributed by atoms with E-state index in [0.717, 1.165) is 11.3 Å². The van der Waals surface area contributed by atoms with Crippen LogP contribution in [-0.4, -0.2) is 5.11 Å². The van der Waals surface area contributed by atoms with Gasteiger partial charge in [-0.2, -0.15) is 0 Å². The monoisotopic (exact) mass is 382 g/mol. The van der Waals surface area contributed by atoms with E-state index < -0.39 is 13.1 Å². The minimum Gasteiger partial charge on any atom is -0.346 e. The van der Waals surface area contributed by atoms with Crippen LogP contribution in [0, 0.1) is 5.82 Å². The highest BCUT2D eigenvalue weighted by Gasteiger charge is 2.49. The van der Waals surface area contributed by atoms with E-state index in [9.17, 15) is 8.96 Å². The fourth-order valence-electron chi connectivity index (χ4n) is 3.21. The first-order valence-corrected chi connectivity index (χ1v) is 10.3. The van der Waals surface area contributed by atoms with Gasteiger partial charge in [0.2, 0.25) is 7.29 Å². The van der Waals surface area contributed by atoms with Crippen molar-refractivity contribution in [2.75, 3.05) is 4.67 Å². The second-order valence-electron chi connectivity index (χ2n) is 6.01. The number of benzene rings is 3. The lowest BCUT2D eigenvalue weighted by atomic mass is 10.2. The first-order chi connectivity index (χ1) is 12.6. The fourth-order valence-corrected chi connectivity index (χ4v) is 6.92. The number of nitrogens with zero attached hydrogens (tertiary/aromatic N) is 1. The minimum absolute atomic E-state index is 0.330. The van der Waals surface area contributed by atoms with Gasteiger partial charge in [-0.3, -0.25) is 9.24 Å². The highest BCUT2D eigenvalue weighted by molar-refractivity contribution is 7.84. The van der Waals surface area contributed by atoms with Crippen molar-refractivity contribution in [1.82, 2.24) is 5.32 Å². The Morgan fingerprint density at radius 3 is 2.08 bits per heavy atom. The van der Waals surface area contributed by atoms with Gasteiger partial charge in [0.25, 0.3) is 0 Å². The van der Waals surface area contributed by atoms with E-state index in [2.05, 4.69) is 5.32 Å². The predicted molar refractivity (Wildman–Crippen MR) is 107 cm³/mol. The number of nitrogens with one attached hydrogen (secondary N) is 1. The summed E-state index contributed by atoms with van der Waals surface area (Å²) < 4.78 is 29.6. The Morgan fingerprint density at radius 2 is 1.46 bits per heavy atom. The topological polar surface area (TPSA) is 32.3 Å². The van der Waals surface area contributed by atoms with E-state index in [1.807, 2.05) is 60.7 Å². The molecule has 2 atom stereocenters. The van der Waals surface area contributed by atoms with Gasteiger partial charge >= 0.3 is 0 Å². The van der Waals surface area contributed by atoms with E-state index in [0.29, 0.717) is 10.4 Å². The van der Waals surface area contributed by atoms with E-state index >= 15 is 0 Å². The normalized spacial score (nSPS) is 22.3. The lowest BCUT2D eigenvalue weighted by Gasteiger charge is -2.28. The summed E-state index contributed by atoms with van der Waals surface area (Å²) in [6.45, 7) is 0. The largest absolute Gasteiger partial charge is 0.346 e. The molecule has 1 heterocycles. The van der Waals surface area contributed by atoms with Gasteiger partial charge in [-0.05, 0) is 54.2 Å². The Morgan fingerprint density at radius 1 is 0.885 bits per heavy atom. The lowest BCUT2D eigenvalue weighted by Crippen LogP contribution is -2.27. The van der Waals surface area contributed by atoms with Gasteiger partial charge in [0.1, 0.15) is 11.6 Å². The average molecular weight is 382 g/mol. The van der Waals surface area contributed by atoms with Crippen LogP contribution in [0.4, 0.5) is 10.1 Å². The molecule has 0 radical (unpaired) electrons. The quantitative estimate of drug-likeness (QED) is 0.520. The van der Waals surface area contributed by atoms with Crippen LogP contribution in [0.15, 0.2) is 84.9 Å². The smallest absolute Gasteiger partial charge is 0.232 e. The molecule has 1 N–H and O–H groups in total. The first-order valence-electron chi connectivity index (χ1n) is 8.17. The van der Waals surface area contributed by atoms with Crippen LogP contribution in [0.25, 0.3) is 0 Å². The minimum atomic E-state index is -3.20. The number of rotatable bonds is 3. The van der Waals surface area contributed by atoms with Crippen molar-refractivity contribution in [2.45, 2.75) is 5.78 Å². The van der Waals surface area contributed by atoms with E-state index in [1.54, 1.807) is 16.8 Å². The highest BCUT2D eigenvalue weighted by atomic mass is 32.1. The van der Waals surface area contributed by atoms with Gasteiger partial charge in [0, 0.05) is 5.30 Å². The molecule has 0 aliphatic carbocycles. The molecule has 0 bridgehead atoms. The molecule has 0 amide bonds. The van der Waals surface area contributed by atoms with Crippen LogP contribution in [0.5, 0.6) is 0 Å². The second-order valence-corrected chi connectivity index (χ2v) is 9.07. The molecule has 130 valence electrons. The third-order valence-corrected chi connectivity index (χ3v) is 8.04. The van der Waals surface area contributed by atoms with Gasteiger partial charge in [-0.15, -0.1) is 0 Å². The van der Waals surface area contributed by atoms with Crippen LogP contribution in [-0.2, 0) is 4.57 Å². The van der Waals surface area contributed by atoms with Crippen molar-refractivity contribution in [1.29, 1.82) is 0 Å². The number of halogens is 1. The Labute approximate surface area is 156 Å². The Kier molecular flexibility index (Phi) is 4.35. The third kappa shape index (κ3) is 2.74. The Hall–Kier alpha value is -2.49. The molecule has 0 aromatic heterocycles. The molecule has 3 aromatic rings. The number of para-hydroxylation sites is 1. The third-order valence-electron chi connectivity index (χ3n) is 4.41. The maximum atomic E-state index is 14.5. The fraction of sp³-hybridized carbons (Fsp3) is 0.0500. The number of hydrogen-bond donors (Lipinski definition) is 1. The van der Waals surface area contributed by atoms with E-state index in [4.69, 9.17) is 12.2 Å². The molecule has 1 aliphatic heterocycles. The van der Waals surface area contributed by atoms with Gasteiger partial charge in [-0.1, -0.05) is 48.5 Å². The SMILES string of the molecule is O=[P@@]1(c2ccccc2)[C@@H](c2ccc(F)cc2)NC(=S)N1c1ccccc1. The highest BCUT2D eigenvalue weighted by Crippen LogP contribution is 2.64. The molecule has 26 heavy (non-hydrogen) atoms.